The molecule has 0 aromatic rings. The molecule has 0 heterocycles. The minimum Gasteiger partial charge on any atom is -0.480 e. The molecular weight excluding hydrogens is 172 g/mol. The first-order valence-electron chi connectivity index (χ1n) is 2.27. The molecule has 3 N–H and O–H groups in total. The number of hydrogen-bond donors (Lipinski definition) is 3. The Morgan fingerprint density at radius 1 is 1.60 bits per heavy atom. The van der Waals surface area contributed by atoms with Gasteiger partial charge in [-0.15, -0.1) is 0 Å². The fourth-order valence-corrected chi connectivity index (χ4v) is 0.541. The van der Waals surface area contributed by atoms with Gasteiger partial charge >= 0.3 is 5.97 Å². The molecule has 1 atom stereocenters. The summed E-state index contributed by atoms with van der Waals surface area (Å²) < 4.78 is 0. The van der Waals surface area contributed by atoms with Crippen LogP contribution in [0.3, 0.4) is 0 Å². The summed E-state index contributed by atoms with van der Waals surface area (Å²) in [5.74, 6) is -0.438. The first kappa shape index (κ1) is 17.8. The van der Waals surface area contributed by atoms with E-state index in [1.165, 1.54) is 0 Å². The quantitative estimate of drug-likeness (QED) is 0.385. The van der Waals surface area contributed by atoms with Crippen molar-refractivity contribution in [2.75, 3.05) is 5.75 Å². The second-order valence-corrected chi connectivity index (χ2v) is 1.90. The summed E-state index contributed by atoms with van der Waals surface area (Å²) in [4.78, 5) is 9.93. The average molecular weight is 181 g/mol. The number of thiol groups is 1. The zero-order chi connectivity index (χ0) is 6.57. The van der Waals surface area contributed by atoms with Gasteiger partial charge in [0.05, 0.1) is 0 Å². The van der Waals surface area contributed by atoms with E-state index in [-0.39, 0.29) is 59.1 Å². The minimum atomic E-state index is -0.959. The molecule has 0 aromatic carbocycles. The Morgan fingerprint density at radius 2 is 2.00 bits per heavy atom. The van der Waals surface area contributed by atoms with Crippen molar-refractivity contribution in [1.29, 1.82) is 0 Å². The molecule has 2 radical (unpaired) electrons. The van der Waals surface area contributed by atoms with Crippen LogP contribution in [0.25, 0.3) is 0 Å². The smallest absolute Gasteiger partial charge is 0.320 e. The number of aliphatic carboxylic acids is 1. The van der Waals surface area contributed by atoms with Gasteiger partial charge in [0.1, 0.15) is 6.04 Å². The summed E-state index contributed by atoms with van der Waals surface area (Å²) in [6.45, 7) is 0. The zero-order valence-corrected chi connectivity index (χ0v) is 11.3. The predicted molar refractivity (Wildman–Crippen MR) is 45.6 cm³/mol. The number of carboxylic acid groups (broad SMARTS) is 1. The first-order chi connectivity index (χ1) is 3.68. The summed E-state index contributed by atoms with van der Waals surface area (Å²) in [5, 5.41) is 8.15. The summed E-state index contributed by atoms with van der Waals surface area (Å²) in [7, 11) is 0. The molecule has 0 saturated carbocycles. The van der Waals surface area contributed by atoms with Crippen molar-refractivity contribution in [1.82, 2.24) is 0 Å². The molecule has 3 nitrogen and oxygen atoms in total. The van der Waals surface area contributed by atoms with Crippen LogP contribution in [-0.4, -0.2) is 82.0 Å². The third-order valence-corrected chi connectivity index (χ3v) is 1.02. The van der Waals surface area contributed by atoms with E-state index in [1.807, 2.05) is 0 Å². The summed E-state index contributed by atoms with van der Waals surface area (Å²) in [6.07, 6.45) is 0.429. The molecule has 0 aliphatic rings. The Hall–Kier alpha value is 1.78. The van der Waals surface area contributed by atoms with Crippen molar-refractivity contribution in [3.63, 3.8) is 0 Å². The first-order valence-corrected chi connectivity index (χ1v) is 2.91. The molecule has 0 amide bonds. The second-order valence-electron chi connectivity index (χ2n) is 1.46. The van der Waals surface area contributed by atoms with Crippen LogP contribution in [0.15, 0.2) is 0 Å². The van der Waals surface area contributed by atoms with Crippen LogP contribution in [0, 0.1) is 0 Å². The largest absolute Gasteiger partial charge is 0.480 e. The van der Waals surface area contributed by atoms with Crippen LogP contribution >= 0.6 is 12.6 Å². The van der Waals surface area contributed by atoms with Gasteiger partial charge in [-0.05, 0) is 12.2 Å². The van der Waals surface area contributed by atoms with E-state index < -0.39 is 12.0 Å². The Kier molecular flexibility index (Phi) is 19.1. The Balaban J connectivity index is -0.000000245. The number of nitrogens with two attached hydrogens (primary N) is 1. The van der Waals surface area contributed by atoms with Crippen LogP contribution in [0.4, 0.5) is 0 Å². The van der Waals surface area contributed by atoms with Gasteiger partial charge in [0.25, 0.3) is 0 Å². The van der Waals surface area contributed by atoms with Gasteiger partial charge in [0.15, 0.2) is 0 Å². The third-order valence-electron chi connectivity index (χ3n) is 0.757. The molecule has 0 rings (SSSR count). The standard InChI is InChI=1S/C4H9NO2S.2Na/c5-3(1-2-8)4(6)7;;/h3,8H,1-2,5H2,(H,6,7);;. The molecule has 0 aromatic heterocycles. The van der Waals surface area contributed by atoms with E-state index in [1.54, 1.807) is 0 Å². The van der Waals surface area contributed by atoms with Crippen molar-refractivity contribution < 1.29 is 9.90 Å². The van der Waals surface area contributed by atoms with E-state index in [0.717, 1.165) is 0 Å². The molecule has 10 heavy (non-hydrogen) atoms. The van der Waals surface area contributed by atoms with Crippen LogP contribution in [0.1, 0.15) is 6.42 Å². The molecule has 0 bridgehead atoms. The molecule has 6 heteroatoms. The number of carboxylic acids is 1. The number of carbonyl (C=O) groups is 1. The normalized spacial score (nSPS) is 10.6. The van der Waals surface area contributed by atoms with E-state index in [2.05, 4.69) is 12.6 Å². The Morgan fingerprint density at radius 3 is 2.10 bits per heavy atom. The predicted octanol–water partition coefficient (Wildman–Crippen LogP) is -1.04. The van der Waals surface area contributed by atoms with E-state index in [0.29, 0.717) is 12.2 Å². The van der Waals surface area contributed by atoms with E-state index in [4.69, 9.17) is 10.8 Å². The SMILES string of the molecule is NC(CCS)C(=O)O.[Na].[Na]. The topological polar surface area (TPSA) is 63.3 Å². The van der Waals surface area contributed by atoms with Crippen molar-refractivity contribution in [2.45, 2.75) is 12.5 Å². The molecule has 50 valence electrons. The van der Waals surface area contributed by atoms with Gasteiger partial charge in [-0.3, -0.25) is 4.79 Å². The monoisotopic (exact) mass is 181 g/mol. The van der Waals surface area contributed by atoms with Crippen LogP contribution in [-0.2, 0) is 4.79 Å². The Labute approximate surface area is 110 Å². The van der Waals surface area contributed by atoms with Crippen LogP contribution in [0.5, 0.6) is 0 Å². The number of hydrogen-bond acceptors (Lipinski definition) is 3. The summed E-state index contributed by atoms with van der Waals surface area (Å²) in [6, 6.07) is -0.743. The third kappa shape index (κ3) is 9.78. The molecule has 0 aliphatic heterocycles. The van der Waals surface area contributed by atoms with Crippen molar-refractivity contribution in [2.24, 2.45) is 5.73 Å². The maximum atomic E-state index is 9.93. The maximum absolute atomic E-state index is 9.93. The molecule has 0 saturated heterocycles. The van der Waals surface area contributed by atoms with Gasteiger partial charge in [-0.2, -0.15) is 12.6 Å². The van der Waals surface area contributed by atoms with Gasteiger partial charge in [-0.25, -0.2) is 0 Å². The minimum absolute atomic E-state index is 0. The molecule has 0 aliphatic carbocycles. The Bertz CT molecular complexity index is 93.3. The van der Waals surface area contributed by atoms with Crippen LogP contribution < -0.4 is 5.73 Å². The summed E-state index contributed by atoms with van der Waals surface area (Å²) in [5.41, 5.74) is 5.08. The van der Waals surface area contributed by atoms with Gasteiger partial charge in [-0.1, -0.05) is 0 Å². The average Bonchev–Trinajstić information content (AvgIpc) is 1.67. The zero-order valence-electron chi connectivity index (χ0n) is 6.37. The fraction of sp³-hybridized carbons (Fsp3) is 0.750. The molecular formula is C4H9NNa2O2S. The van der Waals surface area contributed by atoms with E-state index in [9.17, 15) is 4.79 Å². The van der Waals surface area contributed by atoms with Gasteiger partial charge in [0.2, 0.25) is 0 Å². The van der Waals surface area contributed by atoms with E-state index >= 15 is 0 Å². The molecule has 0 fully saturated rings. The molecule has 1 unspecified atom stereocenters. The van der Waals surface area contributed by atoms with Crippen LogP contribution in [0.2, 0.25) is 0 Å². The number of rotatable bonds is 3. The van der Waals surface area contributed by atoms with Gasteiger partial charge < -0.3 is 10.8 Å². The maximum Gasteiger partial charge on any atom is 0.320 e. The summed E-state index contributed by atoms with van der Waals surface area (Å²) >= 11 is 3.81. The fourth-order valence-electron chi connectivity index (χ4n) is 0.263. The molecule has 0 spiro atoms. The van der Waals surface area contributed by atoms with Crippen molar-refractivity contribution in [3.05, 3.63) is 0 Å². The van der Waals surface area contributed by atoms with Gasteiger partial charge in [0, 0.05) is 59.1 Å². The van der Waals surface area contributed by atoms with Crippen molar-refractivity contribution in [3.8, 4) is 0 Å². The second kappa shape index (κ2) is 10.8. The van der Waals surface area contributed by atoms with Crippen molar-refractivity contribution >= 4 is 77.7 Å².